The Morgan fingerprint density at radius 2 is 1.70 bits per heavy atom. The molecule has 0 aromatic heterocycles. The van der Waals surface area contributed by atoms with E-state index >= 15 is 0 Å². The quantitative estimate of drug-likeness (QED) is 0.717. The first-order valence-electron chi connectivity index (χ1n) is 9.92. The number of rotatable bonds is 9. The number of carboxylic acids is 1. The molecule has 1 aromatic rings. The fourth-order valence-electron chi connectivity index (χ4n) is 3.43. The molecule has 1 fully saturated rings. The number of carbonyl (C=O) groups excluding carboxylic acids is 1. The maximum atomic E-state index is 12.5. The van der Waals surface area contributed by atoms with Crippen LogP contribution in [0.25, 0.3) is 0 Å². The number of carbonyl (C=O) groups is 2. The van der Waals surface area contributed by atoms with Crippen LogP contribution in [0.3, 0.4) is 0 Å². The van der Waals surface area contributed by atoms with Crippen LogP contribution in [0.15, 0.2) is 24.3 Å². The fourth-order valence-corrected chi connectivity index (χ4v) is 3.43. The summed E-state index contributed by atoms with van der Waals surface area (Å²) < 4.78 is 0. The van der Waals surface area contributed by atoms with E-state index in [9.17, 15) is 9.59 Å². The maximum Gasteiger partial charge on any atom is 0.317 e. The second-order valence-corrected chi connectivity index (χ2v) is 7.66. The molecule has 2 rings (SSSR count). The number of piperazine rings is 1. The average Bonchev–Trinajstić information content (AvgIpc) is 2.62. The van der Waals surface area contributed by atoms with Gasteiger partial charge in [0.2, 0.25) is 5.91 Å². The Morgan fingerprint density at radius 3 is 2.22 bits per heavy atom. The van der Waals surface area contributed by atoms with Crippen LogP contribution in [0.4, 0.5) is 0 Å². The van der Waals surface area contributed by atoms with Gasteiger partial charge in [-0.1, -0.05) is 45.0 Å². The summed E-state index contributed by atoms with van der Waals surface area (Å²) in [7, 11) is 0. The highest BCUT2D eigenvalue weighted by Gasteiger charge is 2.23. The predicted octanol–water partition coefficient (Wildman–Crippen LogP) is 2.25. The molecule has 1 heterocycles. The fraction of sp³-hybridized carbons (Fsp3) is 0.619. The smallest absolute Gasteiger partial charge is 0.317 e. The van der Waals surface area contributed by atoms with Gasteiger partial charge in [0.25, 0.3) is 0 Å². The average molecular weight is 376 g/mol. The zero-order valence-corrected chi connectivity index (χ0v) is 16.9. The van der Waals surface area contributed by atoms with Crippen molar-refractivity contribution in [1.29, 1.82) is 0 Å². The standard InChI is InChI=1S/C21H33N3O3/c1-4-9-23(16-21(26)27)15-20(25)24-12-10-22(11-13-24)14-18-5-7-19(8-6-18)17(2)3/h5-8,17H,4,9-16H2,1-3H3,(H,26,27). The Hall–Kier alpha value is -1.92. The Morgan fingerprint density at radius 1 is 1.07 bits per heavy atom. The van der Waals surface area contributed by atoms with E-state index in [1.807, 2.05) is 11.8 Å². The summed E-state index contributed by atoms with van der Waals surface area (Å²) in [5.41, 5.74) is 2.65. The third-order valence-corrected chi connectivity index (χ3v) is 5.04. The number of amides is 1. The lowest BCUT2D eigenvalue weighted by molar-refractivity contribution is -0.140. The Bertz CT molecular complexity index is 608. The molecule has 0 atom stereocenters. The van der Waals surface area contributed by atoms with E-state index in [0.717, 1.165) is 26.1 Å². The highest BCUT2D eigenvalue weighted by atomic mass is 16.4. The van der Waals surface area contributed by atoms with Crippen LogP contribution in [-0.4, -0.2) is 77.5 Å². The molecule has 6 nitrogen and oxygen atoms in total. The minimum Gasteiger partial charge on any atom is -0.480 e. The molecular formula is C21H33N3O3. The van der Waals surface area contributed by atoms with Crippen LogP contribution < -0.4 is 0 Å². The van der Waals surface area contributed by atoms with Crippen molar-refractivity contribution in [1.82, 2.24) is 14.7 Å². The molecule has 1 amide bonds. The zero-order valence-electron chi connectivity index (χ0n) is 16.9. The SMILES string of the molecule is CCCN(CC(=O)O)CC(=O)N1CCN(Cc2ccc(C(C)C)cc2)CC1. The molecule has 1 saturated heterocycles. The van der Waals surface area contributed by atoms with Gasteiger partial charge in [-0.25, -0.2) is 0 Å². The second kappa shape index (κ2) is 10.4. The van der Waals surface area contributed by atoms with E-state index < -0.39 is 5.97 Å². The van der Waals surface area contributed by atoms with Gasteiger partial charge in [0.15, 0.2) is 0 Å². The highest BCUT2D eigenvalue weighted by molar-refractivity contribution is 5.79. The molecular weight excluding hydrogens is 342 g/mol. The van der Waals surface area contributed by atoms with Gasteiger partial charge in [-0.05, 0) is 30.0 Å². The Labute approximate surface area is 162 Å². The van der Waals surface area contributed by atoms with Crippen molar-refractivity contribution in [2.75, 3.05) is 45.8 Å². The molecule has 0 radical (unpaired) electrons. The number of carboxylic acid groups (broad SMARTS) is 1. The van der Waals surface area contributed by atoms with Crippen molar-refractivity contribution in [3.05, 3.63) is 35.4 Å². The van der Waals surface area contributed by atoms with Crippen LogP contribution in [-0.2, 0) is 16.1 Å². The van der Waals surface area contributed by atoms with Crippen molar-refractivity contribution < 1.29 is 14.7 Å². The van der Waals surface area contributed by atoms with Crippen molar-refractivity contribution in [3.8, 4) is 0 Å². The van der Waals surface area contributed by atoms with Gasteiger partial charge >= 0.3 is 5.97 Å². The van der Waals surface area contributed by atoms with Crippen LogP contribution in [0.2, 0.25) is 0 Å². The van der Waals surface area contributed by atoms with Gasteiger partial charge in [-0.3, -0.25) is 19.4 Å². The van der Waals surface area contributed by atoms with Crippen molar-refractivity contribution >= 4 is 11.9 Å². The van der Waals surface area contributed by atoms with E-state index in [1.165, 1.54) is 11.1 Å². The second-order valence-electron chi connectivity index (χ2n) is 7.66. The third kappa shape index (κ3) is 6.96. The molecule has 0 bridgehead atoms. The van der Waals surface area contributed by atoms with E-state index in [-0.39, 0.29) is 19.0 Å². The summed E-state index contributed by atoms with van der Waals surface area (Å²) in [6.07, 6.45) is 0.837. The number of hydrogen-bond acceptors (Lipinski definition) is 4. The maximum absolute atomic E-state index is 12.5. The number of hydrogen-bond donors (Lipinski definition) is 1. The van der Waals surface area contributed by atoms with Gasteiger partial charge < -0.3 is 10.0 Å². The summed E-state index contributed by atoms with van der Waals surface area (Å²) in [5.74, 6) is -0.308. The molecule has 0 aliphatic carbocycles. The Balaban J connectivity index is 1.79. The van der Waals surface area contributed by atoms with E-state index in [2.05, 4.69) is 43.0 Å². The summed E-state index contributed by atoms with van der Waals surface area (Å²) in [6, 6.07) is 8.79. The van der Waals surface area contributed by atoms with E-state index in [1.54, 1.807) is 4.90 Å². The molecule has 0 spiro atoms. The van der Waals surface area contributed by atoms with E-state index in [4.69, 9.17) is 5.11 Å². The molecule has 1 aromatic carbocycles. The van der Waals surface area contributed by atoms with Crippen molar-refractivity contribution in [3.63, 3.8) is 0 Å². The number of nitrogens with zero attached hydrogens (tertiary/aromatic N) is 3. The first-order chi connectivity index (χ1) is 12.9. The van der Waals surface area contributed by atoms with E-state index in [0.29, 0.717) is 25.6 Å². The third-order valence-electron chi connectivity index (χ3n) is 5.04. The molecule has 0 unspecified atom stereocenters. The monoisotopic (exact) mass is 375 g/mol. The minimum atomic E-state index is -0.885. The minimum absolute atomic E-state index is 0.0330. The van der Waals surface area contributed by atoms with Gasteiger partial charge in [-0.2, -0.15) is 0 Å². The molecule has 0 saturated carbocycles. The normalized spacial score (nSPS) is 15.5. The summed E-state index contributed by atoms with van der Waals surface area (Å²) in [6.45, 7) is 11.1. The molecule has 1 aliphatic heterocycles. The van der Waals surface area contributed by atoms with Gasteiger partial charge in [0.1, 0.15) is 0 Å². The molecule has 1 N–H and O–H groups in total. The summed E-state index contributed by atoms with van der Waals surface area (Å²) in [5, 5.41) is 8.98. The van der Waals surface area contributed by atoms with Gasteiger partial charge in [-0.15, -0.1) is 0 Å². The van der Waals surface area contributed by atoms with Gasteiger partial charge in [0, 0.05) is 32.7 Å². The lowest BCUT2D eigenvalue weighted by atomic mass is 10.0. The largest absolute Gasteiger partial charge is 0.480 e. The molecule has 6 heteroatoms. The van der Waals surface area contributed by atoms with Crippen LogP contribution in [0.5, 0.6) is 0 Å². The zero-order chi connectivity index (χ0) is 19.8. The Kier molecular flexibility index (Phi) is 8.25. The number of benzene rings is 1. The topological polar surface area (TPSA) is 64.1 Å². The molecule has 1 aliphatic rings. The van der Waals surface area contributed by atoms with Crippen LogP contribution in [0, 0.1) is 0 Å². The molecule has 27 heavy (non-hydrogen) atoms. The van der Waals surface area contributed by atoms with Gasteiger partial charge in [0.05, 0.1) is 13.1 Å². The summed E-state index contributed by atoms with van der Waals surface area (Å²) in [4.78, 5) is 29.4. The first-order valence-corrected chi connectivity index (χ1v) is 9.92. The van der Waals surface area contributed by atoms with Crippen molar-refractivity contribution in [2.24, 2.45) is 0 Å². The highest BCUT2D eigenvalue weighted by Crippen LogP contribution is 2.16. The molecule has 150 valence electrons. The predicted molar refractivity (Wildman–Crippen MR) is 107 cm³/mol. The van der Waals surface area contributed by atoms with Crippen LogP contribution in [0.1, 0.15) is 44.2 Å². The van der Waals surface area contributed by atoms with Crippen LogP contribution >= 0.6 is 0 Å². The van der Waals surface area contributed by atoms with Crippen molar-refractivity contribution in [2.45, 2.75) is 39.7 Å². The summed E-state index contributed by atoms with van der Waals surface area (Å²) >= 11 is 0. The lowest BCUT2D eigenvalue weighted by Gasteiger charge is -2.35. The first kappa shape index (κ1) is 21.4. The lowest BCUT2D eigenvalue weighted by Crippen LogP contribution is -2.51. The number of aliphatic carboxylic acids is 1.